The van der Waals surface area contributed by atoms with E-state index in [-0.39, 0.29) is 20.0 Å². The molecule has 0 aliphatic rings. The summed E-state index contributed by atoms with van der Waals surface area (Å²) in [6, 6.07) is 0. The maximum atomic E-state index is 11.8. The van der Waals surface area contributed by atoms with Crippen LogP contribution in [-0.4, -0.2) is 101 Å². The highest BCUT2D eigenvalue weighted by Gasteiger charge is 2.29. The lowest BCUT2D eigenvalue weighted by Crippen LogP contribution is -2.39. The number of rotatable bonds is 17. The van der Waals surface area contributed by atoms with E-state index in [2.05, 4.69) is 4.74 Å². The monoisotopic (exact) mass is 482 g/mol. The number of aliphatic hydroxyl groups is 3. The van der Waals surface area contributed by atoms with Crippen LogP contribution in [0.3, 0.4) is 0 Å². The fourth-order valence-corrected chi connectivity index (χ4v) is 2.01. The molecule has 0 heterocycles. The maximum absolute atomic E-state index is 11.8. The summed E-state index contributed by atoms with van der Waals surface area (Å²) < 4.78 is 24.7. The number of esters is 3. The molecular formula is C20H34O13. The van der Waals surface area contributed by atoms with Crippen LogP contribution in [0.4, 0.5) is 0 Å². The summed E-state index contributed by atoms with van der Waals surface area (Å²) >= 11 is 0. The molecule has 13 nitrogen and oxygen atoms in total. The maximum Gasteiger partial charge on any atom is 0.317 e. The predicted molar refractivity (Wildman–Crippen MR) is 109 cm³/mol. The number of aliphatic carboxylic acids is 1. The molecular weight excluding hydrogens is 448 g/mol. The zero-order valence-corrected chi connectivity index (χ0v) is 19.3. The minimum absolute atomic E-state index is 0.321. The number of carboxylic acids is 1. The van der Waals surface area contributed by atoms with Gasteiger partial charge in [0.1, 0.15) is 49.7 Å². The molecule has 0 aliphatic carbocycles. The molecule has 0 bridgehead atoms. The Morgan fingerprint density at radius 2 is 1.21 bits per heavy atom. The number of hydrogen-bond donors (Lipinski definition) is 4. The zero-order chi connectivity index (χ0) is 25.7. The highest BCUT2D eigenvalue weighted by atomic mass is 16.7. The Kier molecular flexibility index (Phi) is 13.1. The van der Waals surface area contributed by atoms with Crippen LogP contribution >= 0.6 is 0 Å². The van der Waals surface area contributed by atoms with Gasteiger partial charge in [-0.05, 0) is 27.2 Å². The summed E-state index contributed by atoms with van der Waals surface area (Å²) in [5, 5.41) is 37.9. The van der Waals surface area contributed by atoms with Crippen LogP contribution in [-0.2, 0) is 42.9 Å². The van der Waals surface area contributed by atoms with Crippen molar-refractivity contribution in [3.63, 3.8) is 0 Å². The number of aliphatic hydroxyl groups excluding tert-OH is 1. The molecule has 0 rings (SSSR count). The third-order valence-electron chi connectivity index (χ3n) is 4.11. The fraction of sp³-hybridized carbons (Fsp3) is 0.800. The largest absolute Gasteiger partial charge is 0.481 e. The van der Waals surface area contributed by atoms with Crippen LogP contribution in [0.25, 0.3) is 0 Å². The lowest BCUT2D eigenvalue weighted by atomic mass is 10.1. The van der Waals surface area contributed by atoms with Gasteiger partial charge in [-0.2, -0.15) is 0 Å². The zero-order valence-electron chi connectivity index (χ0n) is 19.3. The van der Waals surface area contributed by atoms with Crippen molar-refractivity contribution in [2.45, 2.75) is 63.8 Å². The van der Waals surface area contributed by atoms with Crippen molar-refractivity contribution in [2.75, 3.05) is 39.8 Å². The first-order valence-electron chi connectivity index (χ1n) is 10.1. The van der Waals surface area contributed by atoms with Crippen LogP contribution in [0, 0.1) is 0 Å². The van der Waals surface area contributed by atoms with E-state index in [4.69, 9.17) is 24.1 Å². The Balaban J connectivity index is 4.16. The normalized spacial score (nSPS) is 16.6. The standard InChI is InChI=1S/C20H34O13/c1-5-20(4,8-21)33-17(26)7-16(25)32-12-19(3,28)10-30-13-29-9-18(2,27)11-31-15(24)6-14(22)23/h21,27-28H,5-13H2,1-4H3,(H,22,23). The molecule has 192 valence electrons. The Hall–Kier alpha value is -2.32. The van der Waals surface area contributed by atoms with Crippen LogP contribution in [0.1, 0.15) is 47.0 Å². The quantitative estimate of drug-likeness (QED) is 0.0657. The minimum atomic E-state index is -1.61. The molecule has 0 amide bonds. The molecule has 3 atom stereocenters. The number of carbonyl (C=O) groups excluding carboxylic acids is 3. The third kappa shape index (κ3) is 15.2. The molecule has 33 heavy (non-hydrogen) atoms. The third-order valence-corrected chi connectivity index (χ3v) is 4.11. The summed E-state index contributed by atoms with van der Waals surface area (Å²) in [5.41, 5.74) is -4.31. The minimum Gasteiger partial charge on any atom is -0.481 e. The van der Waals surface area contributed by atoms with Gasteiger partial charge in [0.2, 0.25) is 0 Å². The van der Waals surface area contributed by atoms with Crippen molar-refractivity contribution in [3.05, 3.63) is 0 Å². The van der Waals surface area contributed by atoms with Crippen molar-refractivity contribution in [1.29, 1.82) is 0 Å². The van der Waals surface area contributed by atoms with Crippen LogP contribution in [0.5, 0.6) is 0 Å². The van der Waals surface area contributed by atoms with E-state index in [9.17, 15) is 34.5 Å². The summed E-state index contributed by atoms with van der Waals surface area (Å²) in [6.07, 6.45) is -1.17. The second-order valence-electron chi connectivity index (χ2n) is 8.31. The molecule has 0 saturated heterocycles. The average molecular weight is 482 g/mol. The van der Waals surface area contributed by atoms with E-state index in [0.717, 1.165) is 0 Å². The first-order valence-corrected chi connectivity index (χ1v) is 10.1. The van der Waals surface area contributed by atoms with Gasteiger partial charge < -0.3 is 44.1 Å². The number of hydrogen-bond acceptors (Lipinski definition) is 12. The van der Waals surface area contributed by atoms with Crippen molar-refractivity contribution < 1.29 is 63.3 Å². The molecule has 0 fully saturated rings. The molecule has 0 aromatic carbocycles. The van der Waals surface area contributed by atoms with Gasteiger partial charge in [-0.3, -0.25) is 19.2 Å². The van der Waals surface area contributed by atoms with E-state index >= 15 is 0 Å². The topological polar surface area (TPSA) is 195 Å². The summed E-state index contributed by atoms with van der Waals surface area (Å²) in [5.74, 6) is -4.17. The number of carboxylic acid groups (broad SMARTS) is 1. The summed E-state index contributed by atoms with van der Waals surface area (Å²) in [4.78, 5) is 45.1. The fourth-order valence-electron chi connectivity index (χ4n) is 2.01. The number of carbonyl (C=O) groups is 4. The van der Waals surface area contributed by atoms with Gasteiger partial charge in [0.05, 0.1) is 19.8 Å². The molecule has 13 heteroatoms. The van der Waals surface area contributed by atoms with Crippen molar-refractivity contribution in [3.8, 4) is 0 Å². The highest BCUT2D eigenvalue weighted by Crippen LogP contribution is 2.15. The Morgan fingerprint density at radius 3 is 1.61 bits per heavy atom. The molecule has 0 aromatic heterocycles. The van der Waals surface area contributed by atoms with E-state index in [0.29, 0.717) is 6.42 Å². The van der Waals surface area contributed by atoms with E-state index < -0.39 is 73.3 Å². The SMILES string of the molecule is CCC(C)(CO)OC(=O)CC(=O)OCC(C)(O)COCOCC(C)(O)COC(=O)CC(=O)O. The van der Waals surface area contributed by atoms with Gasteiger partial charge in [-0.1, -0.05) is 6.92 Å². The lowest BCUT2D eigenvalue weighted by molar-refractivity contribution is -0.174. The van der Waals surface area contributed by atoms with Crippen LogP contribution < -0.4 is 0 Å². The Labute approximate surface area is 191 Å². The first-order chi connectivity index (χ1) is 15.1. The number of ether oxygens (including phenoxy) is 5. The Morgan fingerprint density at radius 1 is 0.758 bits per heavy atom. The van der Waals surface area contributed by atoms with Gasteiger partial charge in [0, 0.05) is 0 Å². The molecule has 3 unspecified atom stereocenters. The van der Waals surface area contributed by atoms with E-state index in [1.54, 1.807) is 6.92 Å². The lowest BCUT2D eigenvalue weighted by Gasteiger charge is -2.26. The smallest absolute Gasteiger partial charge is 0.317 e. The van der Waals surface area contributed by atoms with Crippen LogP contribution in [0.15, 0.2) is 0 Å². The highest BCUT2D eigenvalue weighted by molar-refractivity contribution is 5.91. The first kappa shape index (κ1) is 30.7. The van der Waals surface area contributed by atoms with Gasteiger partial charge >= 0.3 is 23.9 Å². The molecule has 0 saturated carbocycles. The molecule has 0 spiro atoms. The molecule has 4 N–H and O–H groups in total. The van der Waals surface area contributed by atoms with Crippen molar-refractivity contribution >= 4 is 23.9 Å². The predicted octanol–water partition coefficient (Wildman–Crippen LogP) is -0.865. The second-order valence-corrected chi connectivity index (χ2v) is 8.31. The van der Waals surface area contributed by atoms with Crippen LogP contribution in [0.2, 0.25) is 0 Å². The van der Waals surface area contributed by atoms with Gasteiger partial charge in [0.25, 0.3) is 0 Å². The van der Waals surface area contributed by atoms with Crippen molar-refractivity contribution in [2.24, 2.45) is 0 Å². The van der Waals surface area contributed by atoms with Gasteiger partial charge in [0.15, 0.2) is 0 Å². The van der Waals surface area contributed by atoms with Crippen molar-refractivity contribution in [1.82, 2.24) is 0 Å². The average Bonchev–Trinajstić information content (AvgIpc) is 2.70. The molecule has 0 radical (unpaired) electrons. The molecule has 0 aromatic rings. The van der Waals surface area contributed by atoms with E-state index in [1.807, 2.05) is 0 Å². The summed E-state index contributed by atoms with van der Waals surface area (Å²) in [6.45, 7) is 3.45. The van der Waals surface area contributed by atoms with Gasteiger partial charge in [-0.15, -0.1) is 0 Å². The Bertz CT molecular complexity index is 652. The second kappa shape index (κ2) is 14.1. The van der Waals surface area contributed by atoms with E-state index in [1.165, 1.54) is 20.8 Å². The van der Waals surface area contributed by atoms with Gasteiger partial charge in [-0.25, -0.2) is 0 Å². The molecule has 0 aliphatic heterocycles. The summed E-state index contributed by atoms with van der Waals surface area (Å²) in [7, 11) is 0.